The van der Waals surface area contributed by atoms with Crippen LogP contribution in [0.25, 0.3) is 0 Å². The summed E-state index contributed by atoms with van der Waals surface area (Å²) < 4.78 is 15.7. The Kier molecular flexibility index (Phi) is 3.22. The van der Waals surface area contributed by atoms with Crippen LogP contribution in [0.4, 0.5) is 0 Å². The van der Waals surface area contributed by atoms with E-state index in [9.17, 15) is 4.79 Å². The Balaban J connectivity index is 2.47. The number of carbonyl (C=O) groups excluding carboxylic acids is 1. The highest BCUT2D eigenvalue weighted by Gasteiger charge is 2.32. The molecule has 0 spiro atoms. The van der Waals surface area contributed by atoms with Gasteiger partial charge < -0.3 is 14.2 Å². The third-order valence-corrected chi connectivity index (χ3v) is 2.92. The molecule has 0 aliphatic carbocycles. The molecular formula is C13H16O4. The first-order valence-electron chi connectivity index (χ1n) is 5.68. The molecule has 92 valence electrons. The van der Waals surface area contributed by atoms with Crippen LogP contribution in [0, 0.1) is 0 Å². The summed E-state index contributed by atoms with van der Waals surface area (Å²) in [6, 6.07) is 3.52. The minimum atomic E-state index is -0.278. The van der Waals surface area contributed by atoms with Crippen molar-refractivity contribution in [2.24, 2.45) is 0 Å². The van der Waals surface area contributed by atoms with Crippen LogP contribution in [0.2, 0.25) is 0 Å². The van der Waals surface area contributed by atoms with E-state index >= 15 is 0 Å². The summed E-state index contributed by atoms with van der Waals surface area (Å²) in [6.45, 7) is 2.06. The van der Waals surface area contributed by atoms with Gasteiger partial charge in [0, 0.05) is 5.56 Å². The van der Waals surface area contributed by atoms with Crippen molar-refractivity contribution in [2.75, 3.05) is 14.2 Å². The highest BCUT2D eigenvalue weighted by atomic mass is 16.5. The largest absolute Gasteiger partial charge is 0.493 e. The maximum Gasteiger partial charge on any atom is 0.339 e. The lowest BCUT2D eigenvalue weighted by Gasteiger charge is -2.11. The van der Waals surface area contributed by atoms with Gasteiger partial charge in [-0.25, -0.2) is 4.79 Å². The maximum absolute atomic E-state index is 11.7. The van der Waals surface area contributed by atoms with Crippen molar-refractivity contribution >= 4 is 5.97 Å². The van der Waals surface area contributed by atoms with Gasteiger partial charge in [0.1, 0.15) is 6.10 Å². The van der Waals surface area contributed by atoms with Gasteiger partial charge in [0.05, 0.1) is 19.8 Å². The second-order valence-corrected chi connectivity index (χ2v) is 3.98. The van der Waals surface area contributed by atoms with Crippen LogP contribution >= 0.6 is 0 Å². The van der Waals surface area contributed by atoms with Crippen LogP contribution in [-0.2, 0) is 4.74 Å². The SMILES string of the molecule is CCCC1OC(=O)c2cc(OC)c(OC)cc21. The van der Waals surface area contributed by atoms with Crippen LogP contribution in [-0.4, -0.2) is 20.2 Å². The van der Waals surface area contributed by atoms with Gasteiger partial charge in [0.25, 0.3) is 0 Å². The van der Waals surface area contributed by atoms with Crippen LogP contribution in [0.5, 0.6) is 11.5 Å². The number of rotatable bonds is 4. The summed E-state index contributed by atoms with van der Waals surface area (Å²) in [5.74, 6) is 0.908. The van der Waals surface area contributed by atoms with E-state index in [0.717, 1.165) is 18.4 Å². The molecule has 1 aromatic carbocycles. The fraction of sp³-hybridized carbons (Fsp3) is 0.462. The number of methoxy groups -OCH3 is 2. The van der Waals surface area contributed by atoms with Crippen molar-refractivity contribution in [3.05, 3.63) is 23.3 Å². The smallest absolute Gasteiger partial charge is 0.339 e. The van der Waals surface area contributed by atoms with Gasteiger partial charge in [-0.3, -0.25) is 0 Å². The van der Waals surface area contributed by atoms with Crippen molar-refractivity contribution in [1.82, 2.24) is 0 Å². The predicted molar refractivity (Wildman–Crippen MR) is 62.6 cm³/mol. The molecule has 2 rings (SSSR count). The molecule has 0 saturated heterocycles. The minimum Gasteiger partial charge on any atom is -0.493 e. The summed E-state index contributed by atoms with van der Waals surface area (Å²) in [5.41, 5.74) is 1.48. The zero-order chi connectivity index (χ0) is 12.4. The topological polar surface area (TPSA) is 44.8 Å². The van der Waals surface area contributed by atoms with Gasteiger partial charge in [-0.1, -0.05) is 13.3 Å². The van der Waals surface area contributed by atoms with Gasteiger partial charge >= 0.3 is 5.97 Å². The van der Waals surface area contributed by atoms with E-state index in [1.165, 1.54) is 0 Å². The lowest BCUT2D eigenvalue weighted by molar-refractivity contribution is 0.0367. The number of cyclic esters (lactones) is 1. The molecule has 1 unspecified atom stereocenters. The van der Waals surface area contributed by atoms with E-state index in [1.54, 1.807) is 20.3 Å². The molecule has 0 bridgehead atoms. The normalized spacial score (nSPS) is 17.6. The van der Waals surface area contributed by atoms with Crippen LogP contribution in [0.1, 0.15) is 41.8 Å². The van der Waals surface area contributed by atoms with Crippen LogP contribution in [0.3, 0.4) is 0 Å². The molecule has 0 radical (unpaired) electrons. The fourth-order valence-electron chi connectivity index (χ4n) is 2.07. The average Bonchev–Trinajstić information content (AvgIpc) is 2.65. The van der Waals surface area contributed by atoms with Gasteiger partial charge in [-0.05, 0) is 18.6 Å². The molecule has 1 atom stereocenters. The summed E-state index contributed by atoms with van der Waals surface area (Å²) in [6.07, 6.45) is 1.64. The lowest BCUT2D eigenvalue weighted by atomic mass is 10.0. The Hall–Kier alpha value is -1.71. The molecule has 0 aromatic heterocycles. The summed E-state index contributed by atoms with van der Waals surface area (Å²) in [5, 5.41) is 0. The average molecular weight is 236 g/mol. The first-order valence-corrected chi connectivity index (χ1v) is 5.68. The van der Waals surface area contributed by atoms with E-state index in [-0.39, 0.29) is 12.1 Å². The lowest BCUT2D eigenvalue weighted by Crippen LogP contribution is -1.97. The molecule has 1 aromatic rings. The fourth-order valence-corrected chi connectivity index (χ4v) is 2.07. The summed E-state index contributed by atoms with van der Waals surface area (Å²) >= 11 is 0. The zero-order valence-electron chi connectivity index (χ0n) is 10.3. The predicted octanol–water partition coefficient (Wildman–Crippen LogP) is 2.72. The number of ether oxygens (including phenoxy) is 3. The molecule has 0 saturated carbocycles. The Morgan fingerprint density at radius 1 is 1.24 bits per heavy atom. The molecule has 1 heterocycles. The first kappa shape index (κ1) is 11.8. The second kappa shape index (κ2) is 4.65. The minimum absolute atomic E-state index is 0.151. The maximum atomic E-state index is 11.7. The molecule has 1 aliphatic rings. The number of esters is 1. The van der Waals surface area contributed by atoms with E-state index in [2.05, 4.69) is 6.92 Å². The van der Waals surface area contributed by atoms with Crippen molar-refractivity contribution in [3.63, 3.8) is 0 Å². The van der Waals surface area contributed by atoms with E-state index in [1.807, 2.05) is 6.07 Å². The standard InChI is InChI=1S/C13H16O4/c1-4-5-10-8-6-11(15-2)12(16-3)7-9(8)13(14)17-10/h6-7,10H,4-5H2,1-3H3. The van der Waals surface area contributed by atoms with Crippen molar-refractivity contribution in [1.29, 1.82) is 0 Å². The molecule has 1 aliphatic heterocycles. The molecule has 0 N–H and O–H groups in total. The molecule has 0 amide bonds. The number of fused-ring (bicyclic) bond motifs is 1. The van der Waals surface area contributed by atoms with Crippen molar-refractivity contribution in [3.8, 4) is 11.5 Å². The highest BCUT2D eigenvalue weighted by molar-refractivity contribution is 5.95. The van der Waals surface area contributed by atoms with Crippen molar-refractivity contribution in [2.45, 2.75) is 25.9 Å². The summed E-state index contributed by atoms with van der Waals surface area (Å²) in [4.78, 5) is 11.7. The van der Waals surface area contributed by atoms with E-state index in [0.29, 0.717) is 17.1 Å². The molecule has 4 nitrogen and oxygen atoms in total. The van der Waals surface area contributed by atoms with Crippen LogP contribution in [0.15, 0.2) is 12.1 Å². The van der Waals surface area contributed by atoms with E-state index < -0.39 is 0 Å². The Labute approximate surface area is 100 Å². The molecular weight excluding hydrogens is 220 g/mol. The quantitative estimate of drug-likeness (QED) is 0.754. The van der Waals surface area contributed by atoms with E-state index in [4.69, 9.17) is 14.2 Å². The number of carbonyl (C=O) groups is 1. The molecule has 17 heavy (non-hydrogen) atoms. The molecule has 4 heteroatoms. The van der Waals surface area contributed by atoms with Gasteiger partial charge in [-0.2, -0.15) is 0 Å². The monoisotopic (exact) mass is 236 g/mol. The molecule has 0 fully saturated rings. The number of hydrogen-bond donors (Lipinski definition) is 0. The van der Waals surface area contributed by atoms with Gasteiger partial charge in [0.15, 0.2) is 11.5 Å². The van der Waals surface area contributed by atoms with Crippen molar-refractivity contribution < 1.29 is 19.0 Å². The number of benzene rings is 1. The van der Waals surface area contributed by atoms with Gasteiger partial charge in [0.2, 0.25) is 0 Å². The zero-order valence-corrected chi connectivity index (χ0v) is 10.3. The Bertz CT molecular complexity index is 439. The highest BCUT2D eigenvalue weighted by Crippen LogP contribution is 2.40. The third-order valence-electron chi connectivity index (χ3n) is 2.92. The second-order valence-electron chi connectivity index (χ2n) is 3.98. The van der Waals surface area contributed by atoms with Gasteiger partial charge in [-0.15, -0.1) is 0 Å². The van der Waals surface area contributed by atoms with Crippen LogP contribution < -0.4 is 9.47 Å². The Morgan fingerprint density at radius 2 is 1.88 bits per heavy atom. The Morgan fingerprint density at radius 3 is 2.47 bits per heavy atom. The third kappa shape index (κ3) is 1.95. The first-order chi connectivity index (χ1) is 8.21. The summed E-state index contributed by atoms with van der Waals surface area (Å²) in [7, 11) is 3.13. The number of hydrogen-bond acceptors (Lipinski definition) is 4.